The first kappa shape index (κ1) is 17.0. The minimum atomic E-state index is -0.379. The van der Waals surface area contributed by atoms with Crippen molar-refractivity contribution >= 4 is 11.8 Å². The third kappa shape index (κ3) is 3.81. The van der Waals surface area contributed by atoms with Gasteiger partial charge in [0, 0.05) is 25.2 Å². The number of ether oxygens (including phenoxy) is 1. The molecule has 0 fully saturated rings. The lowest BCUT2D eigenvalue weighted by atomic mass is 10.2. The third-order valence-electron chi connectivity index (χ3n) is 4.04. The summed E-state index contributed by atoms with van der Waals surface area (Å²) < 4.78 is 24.2. The van der Waals surface area contributed by atoms with Crippen LogP contribution in [0.25, 0.3) is 0 Å². The Hall–Kier alpha value is -2.83. The molecule has 0 saturated heterocycles. The Balaban J connectivity index is 1.61. The van der Waals surface area contributed by atoms with Gasteiger partial charge < -0.3 is 19.4 Å². The van der Waals surface area contributed by atoms with Gasteiger partial charge >= 0.3 is 0 Å². The van der Waals surface area contributed by atoms with Crippen LogP contribution >= 0.6 is 0 Å². The summed E-state index contributed by atoms with van der Waals surface area (Å²) in [4.78, 5) is 25.9. The van der Waals surface area contributed by atoms with Gasteiger partial charge in [-0.05, 0) is 38.1 Å². The molecule has 132 valence electrons. The number of hydrogen-bond donors (Lipinski definition) is 1. The summed E-state index contributed by atoms with van der Waals surface area (Å²) in [7, 11) is 0. The molecule has 25 heavy (non-hydrogen) atoms. The van der Waals surface area contributed by atoms with Gasteiger partial charge in [0.05, 0.1) is 5.56 Å². The van der Waals surface area contributed by atoms with Crippen LogP contribution in [0.5, 0.6) is 5.75 Å². The maximum atomic E-state index is 13.4. The van der Waals surface area contributed by atoms with Crippen molar-refractivity contribution in [2.45, 2.75) is 20.4 Å². The molecule has 0 atom stereocenters. The number of fused-ring (bicyclic) bond motifs is 1. The summed E-state index contributed by atoms with van der Waals surface area (Å²) in [6, 6.07) is 5.85. The number of rotatable bonds is 4. The molecule has 0 radical (unpaired) electrons. The van der Waals surface area contributed by atoms with E-state index in [9.17, 15) is 14.0 Å². The first-order valence-corrected chi connectivity index (χ1v) is 7.98. The maximum absolute atomic E-state index is 13.4. The van der Waals surface area contributed by atoms with E-state index in [1.54, 1.807) is 24.8 Å². The quantitative estimate of drug-likeness (QED) is 0.921. The Kier molecular flexibility index (Phi) is 4.74. The molecule has 7 heteroatoms. The Morgan fingerprint density at radius 2 is 2.12 bits per heavy atom. The predicted octanol–water partition coefficient (Wildman–Crippen LogP) is 2.19. The first-order valence-electron chi connectivity index (χ1n) is 7.98. The van der Waals surface area contributed by atoms with Crippen LogP contribution in [0.3, 0.4) is 0 Å². The molecule has 1 aromatic carbocycles. The average molecular weight is 346 g/mol. The number of carbonyl (C=O) groups excluding carboxylic acids is 2. The molecule has 2 heterocycles. The van der Waals surface area contributed by atoms with Crippen LogP contribution in [-0.2, 0) is 11.3 Å². The summed E-state index contributed by atoms with van der Waals surface area (Å²) >= 11 is 0. The number of furan rings is 1. The number of nitrogens with zero attached hydrogens (tertiary/aromatic N) is 1. The van der Waals surface area contributed by atoms with Crippen molar-refractivity contribution in [3.63, 3.8) is 0 Å². The topological polar surface area (TPSA) is 71.8 Å². The van der Waals surface area contributed by atoms with Gasteiger partial charge in [0.2, 0.25) is 0 Å². The Morgan fingerprint density at radius 1 is 1.32 bits per heavy atom. The molecule has 1 aliphatic rings. The number of halogens is 1. The highest BCUT2D eigenvalue weighted by molar-refractivity contribution is 5.95. The molecule has 1 aromatic heterocycles. The molecular weight excluding hydrogens is 327 g/mol. The molecule has 3 rings (SSSR count). The second-order valence-corrected chi connectivity index (χ2v) is 5.94. The van der Waals surface area contributed by atoms with Crippen molar-refractivity contribution in [1.29, 1.82) is 0 Å². The SMILES string of the molecule is Cc1cc(C(=O)NCCN2Cc3cc(F)ccc3OCC2=O)c(C)o1. The molecule has 2 aromatic rings. The number of aryl methyl sites for hydroxylation is 2. The van der Waals surface area contributed by atoms with Crippen LogP contribution in [0, 0.1) is 19.7 Å². The summed E-state index contributed by atoms with van der Waals surface area (Å²) in [5.74, 6) is 0.891. The number of benzene rings is 1. The van der Waals surface area contributed by atoms with E-state index in [0.717, 1.165) is 0 Å². The van der Waals surface area contributed by atoms with E-state index in [-0.39, 0.29) is 37.3 Å². The number of carbonyl (C=O) groups is 2. The van der Waals surface area contributed by atoms with Crippen LogP contribution < -0.4 is 10.1 Å². The highest BCUT2D eigenvalue weighted by Gasteiger charge is 2.22. The van der Waals surface area contributed by atoms with E-state index in [0.29, 0.717) is 34.9 Å². The van der Waals surface area contributed by atoms with Gasteiger partial charge in [-0.3, -0.25) is 9.59 Å². The number of amides is 2. The average Bonchev–Trinajstić information content (AvgIpc) is 2.82. The zero-order valence-corrected chi connectivity index (χ0v) is 14.1. The Labute approximate surface area is 144 Å². The maximum Gasteiger partial charge on any atom is 0.260 e. The van der Waals surface area contributed by atoms with Crippen LogP contribution in [0.1, 0.15) is 27.4 Å². The smallest absolute Gasteiger partial charge is 0.260 e. The van der Waals surface area contributed by atoms with Crippen LogP contribution in [0.4, 0.5) is 4.39 Å². The molecule has 0 saturated carbocycles. The summed E-state index contributed by atoms with van der Waals surface area (Å²) in [5.41, 5.74) is 1.09. The molecular formula is C18H19FN2O4. The normalized spacial score (nSPS) is 13.9. The van der Waals surface area contributed by atoms with Crippen molar-refractivity contribution in [2.75, 3.05) is 19.7 Å². The van der Waals surface area contributed by atoms with Gasteiger partial charge in [-0.25, -0.2) is 4.39 Å². The van der Waals surface area contributed by atoms with Gasteiger partial charge in [-0.15, -0.1) is 0 Å². The lowest BCUT2D eigenvalue weighted by Gasteiger charge is -2.20. The largest absolute Gasteiger partial charge is 0.483 e. The molecule has 0 spiro atoms. The zero-order valence-electron chi connectivity index (χ0n) is 14.1. The monoisotopic (exact) mass is 346 g/mol. The number of nitrogens with one attached hydrogen (secondary N) is 1. The van der Waals surface area contributed by atoms with Crippen molar-refractivity contribution in [2.24, 2.45) is 0 Å². The zero-order chi connectivity index (χ0) is 18.0. The van der Waals surface area contributed by atoms with Crippen molar-refractivity contribution in [3.05, 3.63) is 52.7 Å². The van der Waals surface area contributed by atoms with Crippen LogP contribution in [0.15, 0.2) is 28.7 Å². The third-order valence-corrected chi connectivity index (χ3v) is 4.04. The molecule has 1 N–H and O–H groups in total. The summed E-state index contributed by atoms with van der Waals surface area (Å²) in [5, 5.41) is 2.77. The van der Waals surface area contributed by atoms with E-state index in [1.807, 2.05) is 0 Å². The summed E-state index contributed by atoms with van der Waals surface area (Å²) in [6.45, 7) is 4.22. The van der Waals surface area contributed by atoms with E-state index in [1.165, 1.54) is 18.2 Å². The highest BCUT2D eigenvalue weighted by atomic mass is 19.1. The first-order chi connectivity index (χ1) is 11.9. The second-order valence-electron chi connectivity index (χ2n) is 5.94. The lowest BCUT2D eigenvalue weighted by Crippen LogP contribution is -2.39. The van der Waals surface area contributed by atoms with Crippen molar-refractivity contribution < 1.29 is 23.1 Å². The van der Waals surface area contributed by atoms with Gasteiger partial charge in [0.25, 0.3) is 11.8 Å². The molecule has 6 nitrogen and oxygen atoms in total. The van der Waals surface area contributed by atoms with E-state index >= 15 is 0 Å². The highest BCUT2D eigenvalue weighted by Crippen LogP contribution is 2.24. The second kappa shape index (κ2) is 6.96. The van der Waals surface area contributed by atoms with E-state index in [2.05, 4.69) is 5.32 Å². The van der Waals surface area contributed by atoms with Crippen molar-refractivity contribution in [1.82, 2.24) is 10.2 Å². The van der Waals surface area contributed by atoms with Gasteiger partial charge in [-0.1, -0.05) is 0 Å². The summed E-state index contributed by atoms with van der Waals surface area (Å²) in [6.07, 6.45) is 0. The number of hydrogen-bond acceptors (Lipinski definition) is 4. The van der Waals surface area contributed by atoms with Crippen LogP contribution in [0.2, 0.25) is 0 Å². The molecule has 1 aliphatic heterocycles. The standard InChI is InChI=1S/C18H19FN2O4/c1-11-7-15(12(2)25-11)18(23)20-5-6-21-9-13-8-14(19)3-4-16(13)24-10-17(21)22/h3-4,7-8H,5-6,9-10H2,1-2H3,(H,20,23). The van der Waals surface area contributed by atoms with E-state index < -0.39 is 0 Å². The molecule has 0 unspecified atom stereocenters. The van der Waals surface area contributed by atoms with Gasteiger partial charge in [-0.2, -0.15) is 0 Å². The van der Waals surface area contributed by atoms with Gasteiger partial charge in [0.15, 0.2) is 6.61 Å². The molecule has 2 amide bonds. The Morgan fingerprint density at radius 3 is 2.84 bits per heavy atom. The fourth-order valence-corrected chi connectivity index (χ4v) is 2.80. The van der Waals surface area contributed by atoms with Gasteiger partial charge in [0.1, 0.15) is 23.1 Å². The fraction of sp³-hybridized carbons (Fsp3) is 0.333. The molecule has 0 aliphatic carbocycles. The predicted molar refractivity (Wildman–Crippen MR) is 87.8 cm³/mol. The Bertz CT molecular complexity index is 815. The van der Waals surface area contributed by atoms with Crippen LogP contribution in [-0.4, -0.2) is 36.4 Å². The van der Waals surface area contributed by atoms with E-state index in [4.69, 9.17) is 9.15 Å². The fourth-order valence-electron chi connectivity index (χ4n) is 2.80. The molecule has 0 bridgehead atoms. The minimum absolute atomic E-state index is 0.105. The minimum Gasteiger partial charge on any atom is -0.483 e. The lowest BCUT2D eigenvalue weighted by molar-refractivity contribution is -0.133. The van der Waals surface area contributed by atoms with Crippen molar-refractivity contribution in [3.8, 4) is 5.75 Å².